The van der Waals surface area contributed by atoms with E-state index in [0.29, 0.717) is 12.2 Å². The quantitative estimate of drug-likeness (QED) is 0.223. The van der Waals surface area contributed by atoms with Crippen LogP contribution < -0.4 is 5.32 Å². The number of rotatable bonds is 4. The third-order valence-electron chi connectivity index (χ3n) is 9.18. The summed E-state index contributed by atoms with van der Waals surface area (Å²) in [6, 6.07) is 35.2. The van der Waals surface area contributed by atoms with E-state index in [-0.39, 0.29) is 17.8 Å². The van der Waals surface area contributed by atoms with Crippen molar-refractivity contribution in [3.8, 4) is 28.6 Å². The Kier molecular flexibility index (Phi) is 5.07. The smallest absolute Gasteiger partial charge is 0.249 e. The molecule has 1 atom stereocenters. The van der Waals surface area contributed by atoms with Crippen LogP contribution in [0.4, 0.5) is 5.95 Å². The lowest BCUT2D eigenvalue weighted by molar-refractivity contribution is -0.127. The number of nitrogens with zero attached hydrogens (tertiary/aromatic N) is 3. The maximum Gasteiger partial charge on any atom is 0.249 e. The summed E-state index contributed by atoms with van der Waals surface area (Å²) in [4.78, 5) is 22.0. The molecule has 202 valence electrons. The molecule has 2 bridgehead atoms. The van der Waals surface area contributed by atoms with Crippen LogP contribution in [0.25, 0.3) is 33.4 Å². The molecule has 3 aliphatic rings. The Hall–Kier alpha value is -5.48. The highest BCUT2D eigenvalue weighted by Gasteiger charge is 2.61. The molecule has 0 saturated heterocycles. The lowest BCUT2D eigenvalue weighted by atomic mass is 9.47. The van der Waals surface area contributed by atoms with Crippen molar-refractivity contribution in [1.29, 1.82) is 5.26 Å². The largest absolute Gasteiger partial charge is 0.361 e. The number of nitriles is 1. The van der Waals surface area contributed by atoms with Gasteiger partial charge in [0.1, 0.15) is 5.41 Å². The molecule has 0 aliphatic heterocycles. The Labute approximate surface area is 242 Å². The second kappa shape index (κ2) is 8.76. The zero-order valence-electron chi connectivity index (χ0n) is 22.8. The zero-order valence-corrected chi connectivity index (χ0v) is 22.8. The number of benzene rings is 4. The van der Waals surface area contributed by atoms with Crippen molar-refractivity contribution in [3.05, 3.63) is 126 Å². The molecule has 7 heteroatoms. The van der Waals surface area contributed by atoms with Gasteiger partial charge in [-0.1, -0.05) is 72.8 Å². The van der Waals surface area contributed by atoms with Crippen molar-refractivity contribution in [3.63, 3.8) is 0 Å². The molecule has 0 unspecified atom stereocenters. The van der Waals surface area contributed by atoms with Crippen LogP contribution in [0.2, 0.25) is 0 Å². The second-order valence-electron chi connectivity index (χ2n) is 11.5. The number of carbonyl (C=O) groups excluding carboxylic acids is 1. The van der Waals surface area contributed by atoms with Gasteiger partial charge < -0.3 is 4.98 Å². The Bertz CT molecular complexity index is 2030. The summed E-state index contributed by atoms with van der Waals surface area (Å²) >= 11 is 0. The fourth-order valence-electron chi connectivity index (χ4n) is 7.26. The minimum absolute atomic E-state index is 0.187. The molecule has 0 saturated carbocycles. The van der Waals surface area contributed by atoms with Crippen LogP contribution in [0.5, 0.6) is 0 Å². The molecule has 9 rings (SSSR count). The van der Waals surface area contributed by atoms with E-state index in [1.165, 1.54) is 0 Å². The van der Waals surface area contributed by atoms with Crippen molar-refractivity contribution in [2.24, 2.45) is 5.41 Å². The summed E-state index contributed by atoms with van der Waals surface area (Å²) in [5, 5.41) is 22.1. The highest BCUT2D eigenvalue weighted by atomic mass is 16.2. The van der Waals surface area contributed by atoms with Crippen molar-refractivity contribution >= 4 is 22.8 Å². The van der Waals surface area contributed by atoms with Gasteiger partial charge in [0.05, 0.1) is 11.5 Å². The van der Waals surface area contributed by atoms with Crippen LogP contribution in [0.3, 0.4) is 0 Å². The van der Waals surface area contributed by atoms with Crippen molar-refractivity contribution in [1.82, 2.24) is 20.2 Å². The first kappa shape index (κ1) is 24.3. The van der Waals surface area contributed by atoms with Crippen LogP contribution in [-0.4, -0.2) is 26.1 Å². The van der Waals surface area contributed by atoms with Gasteiger partial charge in [-0.05, 0) is 76.4 Å². The van der Waals surface area contributed by atoms with Gasteiger partial charge in [0, 0.05) is 23.2 Å². The Balaban J connectivity index is 1.12. The third kappa shape index (κ3) is 3.36. The van der Waals surface area contributed by atoms with Crippen LogP contribution in [0, 0.1) is 16.7 Å². The van der Waals surface area contributed by atoms with E-state index in [1.807, 2.05) is 61.7 Å². The number of hydrogen-bond acceptors (Lipinski definition) is 4. The van der Waals surface area contributed by atoms with E-state index in [1.54, 1.807) is 0 Å². The first-order chi connectivity index (χ1) is 20.5. The molecule has 1 amide bonds. The summed E-state index contributed by atoms with van der Waals surface area (Å²) in [5.41, 5.74) is 6.40. The van der Waals surface area contributed by atoms with Gasteiger partial charge in [-0.2, -0.15) is 10.2 Å². The minimum Gasteiger partial charge on any atom is -0.361 e. The number of fused-ring (bicyclic) bond motifs is 2. The molecule has 0 radical (unpaired) electrons. The van der Waals surface area contributed by atoms with Crippen molar-refractivity contribution in [2.45, 2.75) is 24.7 Å². The fraction of sp³-hybridized carbons (Fsp3) is 0.143. The topological polar surface area (TPSA) is 110 Å². The fourth-order valence-corrected chi connectivity index (χ4v) is 7.26. The van der Waals surface area contributed by atoms with Gasteiger partial charge in [0.2, 0.25) is 11.9 Å². The maximum atomic E-state index is 14.1. The second-order valence-corrected chi connectivity index (χ2v) is 11.5. The average Bonchev–Trinajstić information content (AvgIpc) is 3.71. The summed E-state index contributed by atoms with van der Waals surface area (Å²) in [7, 11) is 0. The first-order valence-corrected chi connectivity index (χ1v) is 14.0. The van der Waals surface area contributed by atoms with Gasteiger partial charge in [0.15, 0.2) is 5.82 Å². The maximum absolute atomic E-state index is 14.1. The van der Waals surface area contributed by atoms with Crippen LogP contribution >= 0.6 is 0 Å². The molecule has 3 aliphatic carbocycles. The predicted octanol–water partition coefficient (Wildman–Crippen LogP) is 6.92. The molecule has 3 N–H and O–H groups in total. The lowest BCUT2D eigenvalue weighted by Crippen LogP contribution is -2.53. The third-order valence-corrected chi connectivity index (χ3v) is 9.18. The normalized spacial score (nSPS) is 21.9. The summed E-state index contributed by atoms with van der Waals surface area (Å²) in [5.74, 6) is 0.390. The van der Waals surface area contributed by atoms with Gasteiger partial charge in [-0.25, -0.2) is 0 Å². The number of aromatic amines is 2. The van der Waals surface area contributed by atoms with E-state index < -0.39 is 10.8 Å². The SMILES string of the molecule is C[C@]1(C(=O)Nc2n[nH]c(-c3cccc(-c4ccc5[nH]ccc5c4)c3)n2)CC2(C#N)c3ccccc3C1c1ccccc12. The average molecular weight is 547 g/mol. The van der Waals surface area contributed by atoms with Crippen molar-refractivity contribution < 1.29 is 4.79 Å². The van der Waals surface area contributed by atoms with E-state index in [9.17, 15) is 10.1 Å². The lowest BCUT2D eigenvalue weighted by Gasteiger charge is -2.54. The van der Waals surface area contributed by atoms with E-state index >= 15 is 0 Å². The molecular formula is C35H26N6O. The van der Waals surface area contributed by atoms with Gasteiger partial charge >= 0.3 is 0 Å². The Morgan fingerprint density at radius 2 is 1.62 bits per heavy atom. The highest BCUT2D eigenvalue weighted by molar-refractivity contribution is 5.96. The number of hydrogen-bond donors (Lipinski definition) is 3. The van der Waals surface area contributed by atoms with Crippen LogP contribution in [-0.2, 0) is 10.2 Å². The van der Waals surface area contributed by atoms with Crippen LogP contribution in [0.1, 0.15) is 41.5 Å². The number of nitrogens with one attached hydrogen (secondary N) is 3. The number of aromatic nitrogens is 4. The molecule has 7 nitrogen and oxygen atoms in total. The Morgan fingerprint density at radius 3 is 2.38 bits per heavy atom. The summed E-state index contributed by atoms with van der Waals surface area (Å²) in [6.07, 6.45) is 2.32. The number of anilines is 1. The molecule has 6 aromatic rings. The minimum atomic E-state index is -0.901. The molecular weight excluding hydrogens is 520 g/mol. The molecule has 0 fully saturated rings. The van der Waals surface area contributed by atoms with Gasteiger partial charge in [-0.15, -0.1) is 5.10 Å². The van der Waals surface area contributed by atoms with Crippen LogP contribution in [0.15, 0.2) is 103 Å². The predicted molar refractivity (Wildman–Crippen MR) is 162 cm³/mol. The highest BCUT2D eigenvalue weighted by Crippen LogP contribution is 2.63. The zero-order chi connectivity index (χ0) is 28.5. The van der Waals surface area contributed by atoms with E-state index in [2.05, 4.69) is 80.1 Å². The standard InChI is InChI=1S/C35H26N6O/c1-34(19-35(20-36)27-11-4-2-9-25(27)30(34)26-10-3-5-12-28(26)35)32(42)39-33-38-31(40-41-33)24-8-6-7-21(18-24)22-13-14-29-23(17-22)15-16-37-29/h2-18,30,37H,19H2,1H3,(H2,38,39,40,41,42)/t30?,34-,35?/m0/s1. The van der Waals surface area contributed by atoms with E-state index in [0.717, 1.165) is 49.8 Å². The summed E-state index contributed by atoms with van der Waals surface area (Å²) in [6.45, 7) is 1.96. The van der Waals surface area contributed by atoms with Gasteiger partial charge in [0.25, 0.3) is 0 Å². The summed E-state index contributed by atoms with van der Waals surface area (Å²) < 4.78 is 0. The monoisotopic (exact) mass is 546 g/mol. The molecule has 2 aromatic heterocycles. The molecule has 42 heavy (non-hydrogen) atoms. The molecule has 4 aromatic carbocycles. The molecule has 0 spiro atoms. The van der Waals surface area contributed by atoms with Gasteiger partial charge in [-0.3, -0.25) is 15.2 Å². The van der Waals surface area contributed by atoms with E-state index in [4.69, 9.17) is 0 Å². The Morgan fingerprint density at radius 1 is 0.905 bits per heavy atom. The number of H-pyrrole nitrogens is 2. The molecule has 2 heterocycles. The first-order valence-electron chi connectivity index (χ1n) is 14.0. The van der Waals surface area contributed by atoms with Crippen molar-refractivity contribution in [2.75, 3.05) is 5.32 Å². The number of amides is 1. The number of carbonyl (C=O) groups is 1.